The Morgan fingerprint density at radius 3 is 2.71 bits per heavy atom. The summed E-state index contributed by atoms with van der Waals surface area (Å²) < 4.78 is 13.4. The molecule has 0 bridgehead atoms. The average Bonchev–Trinajstić information content (AvgIpc) is 2.87. The zero-order valence-electron chi connectivity index (χ0n) is 11.7. The third-order valence-corrected chi connectivity index (χ3v) is 3.77. The fourth-order valence-electron chi connectivity index (χ4n) is 2.71. The van der Waals surface area contributed by atoms with Crippen molar-refractivity contribution in [2.45, 2.75) is 18.9 Å². The molecule has 1 aliphatic rings. The third-order valence-electron chi connectivity index (χ3n) is 3.77. The van der Waals surface area contributed by atoms with Gasteiger partial charge < -0.3 is 10.6 Å². The summed E-state index contributed by atoms with van der Waals surface area (Å²) in [4.78, 5) is 6.25. The van der Waals surface area contributed by atoms with Gasteiger partial charge in [-0.25, -0.2) is 4.39 Å². The van der Waals surface area contributed by atoms with Crippen molar-refractivity contribution in [3.63, 3.8) is 0 Å². The van der Waals surface area contributed by atoms with Gasteiger partial charge in [-0.2, -0.15) is 0 Å². The second-order valence-corrected chi connectivity index (χ2v) is 5.23. The molecular formula is C17H18FN3. The minimum Gasteiger partial charge on any atom is -0.370 e. The Labute approximate surface area is 123 Å². The maximum Gasteiger partial charge on any atom is 0.196 e. The molecule has 2 N–H and O–H groups in total. The Hall–Kier alpha value is -2.36. The molecule has 3 rings (SSSR count). The highest BCUT2D eigenvalue weighted by atomic mass is 19.1. The zero-order valence-corrected chi connectivity index (χ0v) is 11.7. The fourth-order valence-corrected chi connectivity index (χ4v) is 2.71. The second kappa shape index (κ2) is 5.95. The van der Waals surface area contributed by atoms with Crippen LogP contribution in [0.1, 0.15) is 12.0 Å². The molecule has 1 unspecified atom stereocenters. The summed E-state index contributed by atoms with van der Waals surface area (Å²) in [6, 6.07) is 17.0. The zero-order chi connectivity index (χ0) is 14.7. The van der Waals surface area contributed by atoms with E-state index in [-0.39, 0.29) is 11.9 Å². The van der Waals surface area contributed by atoms with Gasteiger partial charge >= 0.3 is 0 Å². The van der Waals surface area contributed by atoms with E-state index in [1.165, 1.54) is 17.7 Å². The topological polar surface area (TPSA) is 41.6 Å². The van der Waals surface area contributed by atoms with Gasteiger partial charge in [0.05, 0.1) is 12.6 Å². The maximum absolute atomic E-state index is 13.4. The minimum atomic E-state index is -0.256. The van der Waals surface area contributed by atoms with E-state index in [0.717, 1.165) is 18.5 Å². The fraction of sp³-hybridized carbons (Fsp3) is 0.235. The van der Waals surface area contributed by atoms with E-state index in [4.69, 9.17) is 5.73 Å². The van der Waals surface area contributed by atoms with Crippen molar-refractivity contribution in [3.8, 4) is 0 Å². The molecular weight excluding hydrogens is 265 g/mol. The highest BCUT2D eigenvalue weighted by Crippen LogP contribution is 2.24. The molecule has 0 spiro atoms. The van der Waals surface area contributed by atoms with Gasteiger partial charge in [0, 0.05) is 5.69 Å². The molecule has 1 aliphatic heterocycles. The maximum atomic E-state index is 13.4. The molecule has 21 heavy (non-hydrogen) atoms. The molecule has 0 radical (unpaired) electrons. The number of hydrogen-bond donors (Lipinski definition) is 1. The molecule has 0 saturated carbocycles. The number of halogens is 1. The van der Waals surface area contributed by atoms with Gasteiger partial charge in [-0.1, -0.05) is 36.4 Å². The highest BCUT2D eigenvalue weighted by Gasteiger charge is 2.27. The Morgan fingerprint density at radius 2 is 1.95 bits per heavy atom. The number of hydrogen-bond acceptors (Lipinski definition) is 3. The van der Waals surface area contributed by atoms with E-state index < -0.39 is 0 Å². The van der Waals surface area contributed by atoms with Crippen LogP contribution in [0.15, 0.2) is 59.6 Å². The van der Waals surface area contributed by atoms with Crippen LogP contribution in [-0.2, 0) is 6.42 Å². The number of rotatable bonds is 4. The van der Waals surface area contributed by atoms with E-state index in [1.54, 1.807) is 6.07 Å². The Morgan fingerprint density at radius 1 is 1.14 bits per heavy atom. The summed E-state index contributed by atoms with van der Waals surface area (Å²) >= 11 is 0. The van der Waals surface area contributed by atoms with Crippen LogP contribution in [-0.4, -0.2) is 18.5 Å². The molecule has 108 valence electrons. The molecule has 1 heterocycles. The summed E-state index contributed by atoms with van der Waals surface area (Å²) in [5.74, 6) is 0.215. The van der Waals surface area contributed by atoms with E-state index in [0.29, 0.717) is 12.5 Å². The standard InChI is InChI=1S/C17H18FN3/c18-14-7-4-8-15(11-14)21-16(12-20-17(21)19)10-9-13-5-2-1-3-6-13/h1-8,11,16H,9-10,12H2,(H2,19,20). The highest BCUT2D eigenvalue weighted by molar-refractivity contribution is 5.97. The number of benzene rings is 2. The first-order valence-corrected chi connectivity index (χ1v) is 7.13. The first-order valence-electron chi connectivity index (χ1n) is 7.13. The normalized spacial score (nSPS) is 17.9. The molecule has 2 aromatic rings. The molecule has 0 aromatic heterocycles. The number of guanidine groups is 1. The van der Waals surface area contributed by atoms with E-state index in [1.807, 2.05) is 29.2 Å². The Balaban J connectivity index is 1.73. The van der Waals surface area contributed by atoms with Crippen LogP contribution < -0.4 is 10.6 Å². The van der Waals surface area contributed by atoms with Crippen LogP contribution in [0.4, 0.5) is 10.1 Å². The summed E-state index contributed by atoms with van der Waals surface area (Å²) in [5.41, 5.74) is 8.04. The SMILES string of the molecule is NC1=NCC(CCc2ccccc2)N1c1cccc(F)c1. The molecule has 0 saturated heterocycles. The van der Waals surface area contributed by atoms with Crippen molar-refractivity contribution in [2.24, 2.45) is 10.7 Å². The number of aliphatic imine (C=N–C) groups is 1. The third kappa shape index (κ3) is 3.05. The van der Waals surface area contributed by atoms with Gasteiger partial charge in [-0.15, -0.1) is 0 Å². The predicted octanol–water partition coefficient (Wildman–Crippen LogP) is 2.96. The van der Waals surface area contributed by atoms with Crippen molar-refractivity contribution in [1.82, 2.24) is 0 Å². The van der Waals surface area contributed by atoms with Gasteiger partial charge in [-0.3, -0.25) is 4.99 Å². The van der Waals surface area contributed by atoms with Gasteiger partial charge in [0.2, 0.25) is 0 Å². The van der Waals surface area contributed by atoms with Gasteiger partial charge in [0.25, 0.3) is 0 Å². The number of nitrogens with zero attached hydrogens (tertiary/aromatic N) is 2. The lowest BCUT2D eigenvalue weighted by Gasteiger charge is -2.26. The number of aryl methyl sites for hydroxylation is 1. The smallest absolute Gasteiger partial charge is 0.196 e. The summed E-state index contributed by atoms with van der Waals surface area (Å²) in [6.45, 7) is 0.662. The van der Waals surface area contributed by atoms with Crippen molar-refractivity contribution in [3.05, 3.63) is 66.0 Å². The molecule has 0 fully saturated rings. The van der Waals surface area contributed by atoms with Crippen molar-refractivity contribution in [1.29, 1.82) is 0 Å². The van der Waals surface area contributed by atoms with E-state index >= 15 is 0 Å². The number of anilines is 1. The lowest BCUT2D eigenvalue weighted by molar-refractivity contribution is 0.621. The van der Waals surface area contributed by atoms with E-state index in [2.05, 4.69) is 17.1 Å². The van der Waals surface area contributed by atoms with Crippen LogP contribution in [0, 0.1) is 5.82 Å². The lowest BCUT2D eigenvalue weighted by atomic mass is 10.0. The molecule has 0 amide bonds. The molecule has 0 aliphatic carbocycles. The number of nitrogens with two attached hydrogens (primary N) is 1. The first-order chi connectivity index (χ1) is 10.2. The largest absolute Gasteiger partial charge is 0.370 e. The first kappa shape index (κ1) is 13.6. The van der Waals surface area contributed by atoms with Gasteiger partial charge in [0.1, 0.15) is 5.82 Å². The van der Waals surface area contributed by atoms with E-state index in [9.17, 15) is 4.39 Å². The van der Waals surface area contributed by atoms with Crippen LogP contribution in [0.3, 0.4) is 0 Å². The van der Waals surface area contributed by atoms with Crippen LogP contribution in [0.2, 0.25) is 0 Å². The van der Waals surface area contributed by atoms with Crippen LogP contribution in [0.5, 0.6) is 0 Å². The quantitative estimate of drug-likeness (QED) is 0.937. The van der Waals surface area contributed by atoms with Crippen LogP contribution >= 0.6 is 0 Å². The Kier molecular flexibility index (Phi) is 3.86. The van der Waals surface area contributed by atoms with Gasteiger partial charge in [-0.05, 0) is 36.6 Å². The van der Waals surface area contributed by atoms with Crippen molar-refractivity contribution < 1.29 is 4.39 Å². The van der Waals surface area contributed by atoms with Crippen molar-refractivity contribution in [2.75, 3.05) is 11.4 Å². The predicted molar refractivity (Wildman–Crippen MR) is 83.9 cm³/mol. The average molecular weight is 283 g/mol. The molecule has 4 heteroatoms. The summed E-state index contributed by atoms with van der Waals surface area (Å²) in [5, 5.41) is 0. The lowest BCUT2D eigenvalue weighted by Crippen LogP contribution is -2.41. The van der Waals surface area contributed by atoms with Gasteiger partial charge in [0.15, 0.2) is 5.96 Å². The van der Waals surface area contributed by atoms with Crippen LogP contribution in [0.25, 0.3) is 0 Å². The monoisotopic (exact) mass is 283 g/mol. The summed E-state index contributed by atoms with van der Waals surface area (Å²) in [6.07, 6.45) is 1.89. The molecule has 3 nitrogen and oxygen atoms in total. The second-order valence-electron chi connectivity index (χ2n) is 5.23. The summed E-state index contributed by atoms with van der Waals surface area (Å²) in [7, 11) is 0. The van der Waals surface area contributed by atoms with Crippen molar-refractivity contribution >= 4 is 11.6 Å². The minimum absolute atomic E-state index is 0.187. The molecule has 2 aromatic carbocycles. The molecule has 1 atom stereocenters. The Bertz CT molecular complexity index is 639.